The molecule has 1 aromatic rings. The highest BCUT2D eigenvalue weighted by Gasteiger charge is 2.23. The Kier molecular flexibility index (Phi) is 2.98. The number of hydrogen-bond acceptors (Lipinski definition) is 4. The van der Waals surface area contributed by atoms with Gasteiger partial charge in [0.05, 0.1) is 0 Å². The van der Waals surface area contributed by atoms with E-state index in [-0.39, 0.29) is 5.41 Å². The number of nitrogens with one attached hydrogen (secondary N) is 1. The van der Waals surface area contributed by atoms with Crippen LogP contribution < -0.4 is 11.1 Å². The van der Waals surface area contributed by atoms with Crippen LogP contribution in [-0.2, 0) is 5.41 Å². The highest BCUT2D eigenvalue weighted by molar-refractivity contribution is 5.55. The summed E-state index contributed by atoms with van der Waals surface area (Å²) in [5.41, 5.74) is 6.85. The Balaban J connectivity index is 2.32. The molecule has 0 saturated heterocycles. The second-order valence-corrected chi connectivity index (χ2v) is 5.93. The standard InChI is InChI=1S/C13H22N4/c1-8-10(14)16-12(13(2,3)4)17-11(8)15-9-6-5-7-9/h9H,5-7H2,1-4H3,(H3,14,15,16,17). The average molecular weight is 234 g/mol. The van der Waals surface area contributed by atoms with E-state index in [0.717, 1.165) is 17.2 Å². The Hall–Kier alpha value is -1.32. The molecule has 0 radical (unpaired) electrons. The Bertz CT molecular complexity index is 416. The third kappa shape index (κ3) is 2.51. The highest BCUT2D eigenvalue weighted by atomic mass is 15.1. The molecular weight excluding hydrogens is 212 g/mol. The molecule has 0 aliphatic heterocycles. The summed E-state index contributed by atoms with van der Waals surface area (Å²) < 4.78 is 0. The Morgan fingerprint density at radius 1 is 1.24 bits per heavy atom. The van der Waals surface area contributed by atoms with Crippen molar-refractivity contribution < 1.29 is 0 Å². The van der Waals surface area contributed by atoms with Gasteiger partial charge < -0.3 is 11.1 Å². The molecule has 1 fully saturated rings. The molecule has 0 unspecified atom stereocenters. The number of nitrogens with zero attached hydrogens (tertiary/aromatic N) is 2. The molecule has 17 heavy (non-hydrogen) atoms. The van der Waals surface area contributed by atoms with Crippen LogP contribution in [0.1, 0.15) is 51.4 Å². The van der Waals surface area contributed by atoms with Gasteiger partial charge in [-0.3, -0.25) is 0 Å². The third-order valence-electron chi connectivity index (χ3n) is 3.30. The van der Waals surface area contributed by atoms with E-state index in [0.29, 0.717) is 11.9 Å². The number of hydrogen-bond donors (Lipinski definition) is 2. The lowest BCUT2D eigenvalue weighted by Crippen LogP contribution is -2.29. The van der Waals surface area contributed by atoms with Gasteiger partial charge in [0.1, 0.15) is 17.5 Å². The molecule has 1 aliphatic carbocycles. The van der Waals surface area contributed by atoms with Gasteiger partial charge in [-0.25, -0.2) is 9.97 Å². The maximum absolute atomic E-state index is 5.96. The van der Waals surface area contributed by atoms with E-state index in [1.807, 2.05) is 6.92 Å². The molecule has 1 heterocycles. The van der Waals surface area contributed by atoms with Gasteiger partial charge in [0.25, 0.3) is 0 Å². The van der Waals surface area contributed by atoms with Crippen LogP contribution in [0.4, 0.5) is 11.6 Å². The van der Waals surface area contributed by atoms with Crippen LogP contribution in [0.5, 0.6) is 0 Å². The van der Waals surface area contributed by atoms with E-state index in [1.165, 1.54) is 19.3 Å². The van der Waals surface area contributed by atoms with Gasteiger partial charge >= 0.3 is 0 Å². The first kappa shape index (κ1) is 12.1. The van der Waals surface area contributed by atoms with Gasteiger partial charge in [-0.2, -0.15) is 0 Å². The van der Waals surface area contributed by atoms with Crippen molar-refractivity contribution in [3.8, 4) is 0 Å². The van der Waals surface area contributed by atoms with Crippen LogP contribution in [0, 0.1) is 6.92 Å². The molecule has 0 spiro atoms. The molecule has 94 valence electrons. The van der Waals surface area contributed by atoms with E-state index in [2.05, 4.69) is 36.1 Å². The van der Waals surface area contributed by atoms with Gasteiger partial charge in [-0.05, 0) is 26.2 Å². The predicted octanol–water partition coefficient (Wildman–Crippen LogP) is 2.63. The first-order valence-electron chi connectivity index (χ1n) is 6.29. The van der Waals surface area contributed by atoms with Crippen LogP contribution in [0.25, 0.3) is 0 Å². The monoisotopic (exact) mass is 234 g/mol. The van der Waals surface area contributed by atoms with Crippen molar-refractivity contribution in [2.75, 3.05) is 11.1 Å². The SMILES string of the molecule is Cc1c(N)nc(C(C)(C)C)nc1NC1CCC1. The summed E-state index contributed by atoms with van der Waals surface area (Å²) in [4.78, 5) is 9.01. The molecule has 3 N–H and O–H groups in total. The molecule has 4 heteroatoms. The maximum Gasteiger partial charge on any atom is 0.138 e. The Labute approximate surface area is 103 Å². The maximum atomic E-state index is 5.96. The summed E-state index contributed by atoms with van der Waals surface area (Å²) in [5, 5.41) is 3.47. The second kappa shape index (κ2) is 4.17. The van der Waals surface area contributed by atoms with Crippen molar-refractivity contribution in [1.29, 1.82) is 0 Å². The van der Waals surface area contributed by atoms with Crippen molar-refractivity contribution in [3.63, 3.8) is 0 Å². The van der Waals surface area contributed by atoms with E-state index in [1.54, 1.807) is 0 Å². The van der Waals surface area contributed by atoms with E-state index >= 15 is 0 Å². The minimum Gasteiger partial charge on any atom is -0.383 e. The number of rotatable bonds is 2. The lowest BCUT2D eigenvalue weighted by atomic mass is 9.93. The minimum atomic E-state index is -0.0716. The van der Waals surface area contributed by atoms with Gasteiger partial charge in [0.15, 0.2) is 0 Å². The molecule has 0 bridgehead atoms. The second-order valence-electron chi connectivity index (χ2n) is 5.93. The van der Waals surface area contributed by atoms with E-state index < -0.39 is 0 Å². The van der Waals surface area contributed by atoms with Crippen LogP contribution in [0.2, 0.25) is 0 Å². The lowest BCUT2D eigenvalue weighted by Gasteiger charge is -2.28. The molecule has 1 aromatic heterocycles. The molecule has 1 saturated carbocycles. The molecule has 0 amide bonds. The zero-order chi connectivity index (χ0) is 12.6. The molecule has 4 nitrogen and oxygen atoms in total. The van der Waals surface area contributed by atoms with E-state index in [4.69, 9.17) is 5.73 Å². The first-order valence-corrected chi connectivity index (χ1v) is 6.29. The highest BCUT2D eigenvalue weighted by Crippen LogP contribution is 2.28. The summed E-state index contributed by atoms with van der Waals surface area (Å²) in [5.74, 6) is 2.31. The fourth-order valence-corrected chi connectivity index (χ4v) is 1.76. The van der Waals surface area contributed by atoms with Crippen molar-refractivity contribution >= 4 is 11.6 Å². The zero-order valence-corrected chi connectivity index (χ0v) is 11.2. The number of nitrogen functional groups attached to an aromatic ring is 1. The summed E-state index contributed by atoms with van der Waals surface area (Å²) in [6.07, 6.45) is 3.77. The predicted molar refractivity (Wildman–Crippen MR) is 71.1 cm³/mol. The number of nitrogens with two attached hydrogens (primary N) is 1. The Morgan fingerprint density at radius 2 is 1.88 bits per heavy atom. The summed E-state index contributed by atoms with van der Waals surface area (Å²) in [7, 11) is 0. The molecule has 2 rings (SSSR count). The van der Waals surface area contributed by atoms with Crippen LogP contribution in [0.3, 0.4) is 0 Å². The molecular formula is C13H22N4. The fourth-order valence-electron chi connectivity index (χ4n) is 1.76. The number of anilines is 2. The van der Waals surface area contributed by atoms with Crippen molar-refractivity contribution in [3.05, 3.63) is 11.4 Å². The average Bonchev–Trinajstić information content (AvgIpc) is 2.15. The van der Waals surface area contributed by atoms with Crippen molar-refractivity contribution in [1.82, 2.24) is 9.97 Å². The van der Waals surface area contributed by atoms with Crippen LogP contribution in [-0.4, -0.2) is 16.0 Å². The smallest absolute Gasteiger partial charge is 0.138 e. The Morgan fingerprint density at radius 3 is 2.35 bits per heavy atom. The quantitative estimate of drug-likeness (QED) is 0.825. The molecule has 0 atom stereocenters. The van der Waals surface area contributed by atoms with Gasteiger partial charge in [-0.1, -0.05) is 20.8 Å². The third-order valence-corrected chi connectivity index (χ3v) is 3.30. The largest absolute Gasteiger partial charge is 0.383 e. The van der Waals surface area contributed by atoms with Crippen LogP contribution >= 0.6 is 0 Å². The van der Waals surface area contributed by atoms with Gasteiger partial charge in [-0.15, -0.1) is 0 Å². The normalized spacial score (nSPS) is 16.7. The minimum absolute atomic E-state index is 0.0716. The van der Waals surface area contributed by atoms with Gasteiger partial charge in [0.2, 0.25) is 0 Å². The van der Waals surface area contributed by atoms with Crippen LogP contribution in [0.15, 0.2) is 0 Å². The first-order chi connectivity index (χ1) is 7.88. The lowest BCUT2D eigenvalue weighted by molar-refractivity contribution is 0.443. The zero-order valence-electron chi connectivity index (χ0n) is 11.2. The topological polar surface area (TPSA) is 63.8 Å². The number of aromatic nitrogens is 2. The molecule has 0 aromatic carbocycles. The van der Waals surface area contributed by atoms with Crippen molar-refractivity contribution in [2.24, 2.45) is 0 Å². The van der Waals surface area contributed by atoms with E-state index in [9.17, 15) is 0 Å². The summed E-state index contributed by atoms with van der Waals surface area (Å²) >= 11 is 0. The fraction of sp³-hybridized carbons (Fsp3) is 0.692. The van der Waals surface area contributed by atoms with Crippen molar-refractivity contribution in [2.45, 2.75) is 58.4 Å². The van der Waals surface area contributed by atoms with Gasteiger partial charge in [0, 0.05) is 17.0 Å². The molecule has 1 aliphatic rings. The summed E-state index contributed by atoms with van der Waals surface area (Å²) in [6, 6.07) is 0.566. The summed E-state index contributed by atoms with van der Waals surface area (Å²) in [6.45, 7) is 8.28.